The molecule has 0 radical (unpaired) electrons. The van der Waals surface area contributed by atoms with E-state index in [9.17, 15) is 14.4 Å². The molecule has 106 valence electrons. The highest BCUT2D eigenvalue weighted by atomic mass is 16.2. The lowest BCUT2D eigenvalue weighted by molar-refractivity contribution is -0.153. The zero-order chi connectivity index (χ0) is 14.5. The number of hydrogen-bond acceptors (Lipinski definition) is 3. The number of urea groups is 1. The third kappa shape index (κ3) is 2.96. The molecule has 1 heterocycles. The lowest BCUT2D eigenvalue weighted by Gasteiger charge is -2.31. The molecule has 0 aromatic heterocycles. The second-order valence-electron chi connectivity index (χ2n) is 4.49. The molecule has 0 spiro atoms. The number of benzene rings is 1. The highest BCUT2D eigenvalue weighted by Crippen LogP contribution is 2.06. The van der Waals surface area contributed by atoms with Crippen molar-refractivity contribution in [3.05, 3.63) is 35.9 Å². The molecule has 20 heavy (non-hydrogen) atoms. The first-order valence-corrected chi connectivity index (χ1v) is 6.56. The Balaban J connectivity index is 1.93. The van der Waals surface area contributed by atoms with Gasteiger partial charge in [-0.2, -0.15) is 0 Å². The van der Waals surface area contributed by atoms with E-state index in [2.05, 4.69) is 5.32 Å². The van der Waals surface area contributed by atoms with Crippen LogP contribution in [0.1, 0.15) is 12.5 Å². The predicted molar refractivity (Wildman–Crippen MR) is 72.6 cm³/mol. The molecule has 6 nitrogen and oxygen atoms in total. The number of hydrogen-bond donors (Lipinski definition) is 1. The Morgan fingerprint density at radius 2 is 1.85 bits per heavy atom. The summed E-state index contributed by atoms with van der Waals surface area (Å²) in [6, 6.07) is 8.86. The third-order valence-corrected chi connectivity index (χ3v) is 3.22. The fourth-order valence-electron chi connectivity index (χ4n) is 2.04. The summed E-state index contributed by atoms with van der Waals surface area (Å²) in [4.78, 5) is 37.9. The van der Waals surface area contributed by atoms with Crippen LogP contribution in [0.5, 0.6) is 0 Å². The number of amides is 4. The summed E-state index contributed by atoms with van der Waals surface area (Å²) in [5, 5.41) is 2.65. The molecule has 4 amide bonds. The first-order valence-electron chi connectivity index (χ1n) is 6.56. The summed E-state index contributed by atoms with van der Waals surface area (Å²) in [6.07, 6.45) is 0. The number of carbonyl (C=O) groups excluding carboxylic acids is 3. The maximum absolute atomic E-state index is 11.9. The van der Waals surface area contributed by atoms with Gasteiger partial charge < -0.3 is 10.2 Å². The van der Waals surface area contributed by atoms with Crippen LogP contribution in [0.25, 0.3) is 0 Å². The summed E-state index contributed by atoms with van der Waals surface area (Å²) in [7, 11) is 0. The summed E-state index contributed by atoms with van der Waals surface area (Å²) in [5.74, 6) is -1.38. The molecular weight excluding hydrogens is 258 g/mol. The van der Waals surface area contributed by atoms with Gasteiger partial charge in [0.2, 0.25) is 0 Å². The van der Waals surface area contributed by atoms with E-state index < -0.39 is 17.8 Å². The maximum Gasteiger partial charge on any atom is 0.324 e. The number of nitrogens with one attached hydrogen (secondary N) is 1. The summed E-state index contributed by atoms with van der Waals surface area (Å²) >= 11 is 0. The largest absolute Gasteiger partial charge is 0.334 e. The van der Waals surface area contributed by atoms with E-state index in [4.69, 9.17) is 0 Å². The molecule has 2 rings (SSSR count). The van der Waals surface area contributed by atoms with E-state index >= 15 is 0 Å². The molecule has 1 saturated heterocycles. The van der Waals surface area contributed by atoms with Gasteiger partial charge in [-0.1, -0.05) is 30.3 Å². The van der Waals surface area contributed by atoms with Gasteiger partial charge in [-0.3, -0.25) is 14.5 Å². The van der Waals surface area contributed by atoms with Gasteiger partial charge in [-0.15, -0.1) is 0 Å². The average Bonchev–Trinajstić information content (AvgIpc) is 2.48. The van der Waals surface area contributed by atoms with Gasteiger partial charge in [0.05, 0.1) is 0 Å². The Kier molecular flexibility index (Phi) is 4.34. The van der Waals surface area contributed by atoms with Gasteiger partial charge in [0.1, 0.15) is 0 Å². The SMILES string of the molecule is CCN1CCN(C(=O)NCc2ccccc2)C(=O)C1=O. The van der Waals surface area contributed by atoms with Crippen LogP contribution >= 0.6 is 0 Å². The number of rotatable bonds is 3. The second-order valence-corrected chi connectivity index (χ2v) is 4.49. The fraction of sp³-hybridized carbons (Fsp3) is 0.357. The van der Waals surface area contributed by atoms with E-state index in [0.29, 0.717) is 19.6 Å². The monoisotopic (exact) mass is 275 g/mol. The smallest absolute Gasteiger partial charge is 0.324 e. The topological polar surface area (TPSA) is 69.7 Å². The minimum absolute atomic E-state index is 0.235. The van der Waals surface area contributed by atoms with Crippen molar-refractivity contribution < 1.29 is 14.4 Å². The minimum Gasteiger partial charge on any atom is -0.334 e. The average molecular weight is 275 g/mol. The first kappa shape index (κ1) is 14.0. The zero-order valence-corrected chi connectivity index (χ0v) is 11.3. The van der Waals surface area contributed by atoms with Crippen LogP contribution < -0.4 is 5.32 Å². The summed E-state index contributed by atoms with van der Waals surface area (Å²) in [5.41, 5.74) is 0.937. The molecule has 1 fully saturated rings. The lowest BCUT2D eigenvalue weighted by Crippen LogP contribution is -2.58. The van der Waals surface area contributed by atoms with Crippen molar-refractivity contribution in [2.24, 2.45) is 0 Å². The standard InChI is InChI=1S/C14H17N3O3/c1-2-16-8-9-17(13(19)12(16)18)14(20)15-10-11-6-4-3-5-7-11/h3-7H,2,8-10H2,1H3,(H,15,20). The third-order valence-electron chi connectivity index (χ3n) is 3.22. The van der Waals surface area contributed by atoms with Crippen LogP contribution in [-0.2, 0) is 16.1 Å². The van der Waals surface area contributed by atoms with Crippen LogP contribution in [-0.4, -0.2) is 47.3 Å². The molecule has 1 N–H and O–H groups in total. The van der Waals surface area contributed by atoms with Crippen LogP contribution in [0.15, 0.2) is 30.3 Å². The van der Waals surface area contributed by atoms with Gasteiger partial charge in [-0.05, 0) is 12.5 Å². The van der Waals surface area contributed by atoms with Crippen molar-refractivity contribution >= 4 is 17.8 Å². The fourth-order valence-corrected chi connectivity index (χ4v) is 2.04. The van der Waals surface area contributed by atoms with Crippen molar-refractivity contribution in [2.45, 2.75) is 13.5 Å². The Morgan fingerprint density at radius 1 is 1.15 bits per heavy atom. The maximum atomic E-state index is 11.9. The highest BCUT2D eigenvalue weighted by molar-refractivity contribution is 6.38. The molecule has 0 aliphatic carbocycles. The molecule has 0 saturated carbocycles. The molecule has 0 bridgehead atoms. The van der Waals surface area contributed by atoms with Gasteiger partial charge in [0, 0.05) is 26.2 Å². The normalized spacial score (nSPS) is 15.4. The molecule has 1 aromatic carbocycles. The Bertz CT molecular complexity index is 516. The number of likely N-dealkylation sites (N-methyl/N-ethyl adjacent to an activating group) is 1. The second kappa shape index (κ2) is 6.18. The van der Waals surface area contributed by atoms with Gasteiger partial charge in [0.15, 0.2) is 0 Å². The number of nitrogens with zero attached hydrogens (tertiary/aromatic N) is 2. The van der Waals surface area contributed by atoms with Crippen LogP contribution in [0.4, 0.5) is 4.79 Å². The molecule has 6 heteroatoms. The predicted octanol–water partition coefficient (Wildman–Crippen LogP) is 0.587. The van der Waals surface area contributed by atoms with Gasteiger partial charge in [0.25, 0.3) is 0 Å². The number of carbonyl (C=O) groups is 3. The summed E-state index contributed by atoms with van der Waals surface area (Å²) in [6.45, 7) is 3.23. The molecule has 0 unspecified atom stereocenters. The van der Waals surface area contributed by atoms with E-state index in [1.54, 1.807) is 6.92 Å². The molecule has 1 aliphatic rings. The lowest BCUT2D eigenvalue weighted by atomic mass is 10.2. The van der Waals surface area contributed by atoms with Crippen molar-refractivity contribution in [1.82, 2.24) is 15.1 Å². The van der Waals surface area contributed by atoms with E-state index in [-0.39, 0.29) is 6.54 Å². The quantitative estimate of drug-likeness (QED) is 0.821. The summed E-state index contributed by atoms with van der Waals surface area (Å²) < 4.78 is 0. The van der Waals surface area contributed by atoms with Crippen molar-refractivity contribution in [1.29, 1.82) is 0 Å². The number of imide groups is 1. The number of piperazine rings is 1. The highest BCUT2D eigenvalue weighted by Gasteiger charge is 2.35. The van der Waals surface area contributed by atoms with Crippen molar-refractivity contribution in [3.63, 3.8) is 0 Å². The first-order chi connectivity index (χ1) is 9.63. The van der Waals surface area contributed by atoms with Gasteiger partial charge in [-0.25, -0.2) is 4.79 Å². The van der Waals surface area contributed by atoms with Crippen LogP contribution in [0.2, 0.25) is 0 Å². The van der Waals surface area contributed by atoms with E-state index in [1.807, 2.05) is 30.3 Å². The van der Waals surface area contributed by atoms with Gasteiger partial charge >= 0.3 is 17.8 Å². The Hall–Kier alpha value is -2.37. The minimum atomic E-state index is -0.760. The molecule has 1 aliphatic heterocycles. The van der Waals surface area contributed by atoms with E-state index in [1.165, 1.54) is 4.90 Å². The van der Waals surface area contributed by atoms with Crippen molar-refractivity contribution in [3.8, 4) is 0 Å². The van der Waals surface area contributed by atoms with Crippen LogP contribution in [0, 0.1) is 0 Å². The molecule has 0 atom stereocenters. The zero-order valence-electron chi connectivity index (χ0n) is 11.3. The van der Waals surface area contributed by atoms with E-state index in [0.717, 1.165) is 10.5 Å². The van der Waals surface area contributed by atoms with Crippen molar-refractivity contribution in [2.75, 3.05) is 19.6 Å². The van der Waals surface area contributed by atoms with Crippen LogP contribution in [0.3, 0.4) is 0 Å². The molecule has 1 aromatic rings. The molecular formula is C14H17N3O3. The Labute approximate surface area is 117 Å². The Morgan fingerprint density at radius 3 is 2.50 bits per heavy atom.